The average Bonchev–Trinajstić information content (AvgIpc) is 2.17. The van der Waals surface area contributed by atoms with Crippen molar-refractivity contribution in [3.05, 3.63) is 35.4 Å². The van der Waals surface area contributed by atoms with Crippen LogP contribution in [0.15, 0.2) is 24.3 Å². The highest BCUT2D eigenvalue weighted by molar-refractivity contribution is 6.18. The molecule has 1 unspecified atom stereocenters. The molecule has 1 rings (SSSR count). The first-order valence-corrected chi connectivity index (χ1v) is 5.02. The molecule has 0 aliphatic rings. The van der Waals surface area contributed by atoms with Gasteiger partial charge in [-0.05, 0) is 17.0 Å². The third-order valence-electron chi connectivity index (χ3n) is 2.11. The van der Waals surface area contributed by atoms with E-state index in [9.17, 15) is 5.11 Å². The number of hydrogen-bond donors (Lipinski definition) is 1. The Morgan fingerprint density at radius 2 is 1.92 bits per heavy atom. The summed E-state index contributed by atoms with van der Waals surface area (Å²) < 4.78 is 0. The molecule has 2 heteroatoms. The summed E-state index contributed by atoms with van der Waals surface area (Å²) in [4.78, 5) is 0. The van der Waals surface area contributed by atoms with Crippen molar-refractivity contribution in [1.82, 2.24) is 0 Å². The molecule has 1 aromatic rings. The van der Waals surface area contributed by atoms with Crippen molar-refractivity contribution in [2.75, 3.05) is 5.88 Å². The van der Waals surface area contributed by atoms with Crippen LogP contribution in [0.5, 0.6) is 0 Å². The molecule has 0 aliphatic heterocycles. The number of alkyl halides is 1. The maximum atomic E-state index is 9.50. The molecule has 0 saturated carbocycles. The van der Waals surface area contributed by atoms with Gasteiger partial charge >= 0.3 is 0 Å². The minimum absolute atomic E-state index is 0.252. The van der Waals surface area contributed by atoms with Gasteiger partial charge in [0.1, 0.15) is 0 Å². The lowest BCUT2D eigenvalue weighted by atomic mass is 9.99. The van der Waals surface area contributed by atoms with E-state index in [4.69, 9.17) is 11.6 Å². The highest BCUT2D eigenvalue weighted by Crippen LogP contribution is 2.20. The highest BCUT2D eigenvalue weighted by Gasteiger charge is 2.07. The smallest absolute Gasteiger partial charge is 0.0925 e. The molecule has 0 amide bonds. The maximum absolute atomic E-state index is 9.50. The van der Waals surface area contributed by atoms with Gasteiger partial charge in [0.15, 0.2) is 0 Å². The van der Waals surface area contributed by atoms with Gasteiger partial charge in [-0.1, -0.05) is 38.1 Å². The third-order valence-corrected chi connectivity index (χ3v) is 2.40. The average molecular weight is 199 g/mol. The molecule has 0 aromatic heterocycles. The quantitative estimate of drug-likeness (QED) is 0.741. The molecule has 13 heavy (non-hydrogen) atoms. The molecular weight excluding hydrogens is 184 g/mol. The molecule has 0 heterocycles. The normalized spacial score (nSPS) is 13.3. The number of hydrogen-bond acceptors (Lipinski definition) is 1. The van der Waals surface area contributed by atoms with Crippen LogP contribution in [-0.2, 0) is 0 Å². The molecule has 0 aliphatic carbocycles. The van der Waals surface area contributed by atoms with Gasteiger partial charge in [-0.25, -0.2) is 0 Å². The van der Waals surface area contributed by atoms with E-state index in [-0.39, 0.29) is 5.88 Å². The first-order chi connectivity index (χ1) is 6.15. The van der Waals surface area contributed by atoms with Crippen LogP contribution < -0.4 is 0 Å². The summed E-state index contributed by atoms with van der Waals surface area (Å²) in [6.45, 7) is 4.26. The molecule has 0 fully saturated rings. The van der Waals surface area contributed by atoms with Gasteiger partial charge in [-0.15, -0.1) is 11.6 Å². The molecule has 1 N–H and O–H groups in total. The second-order valence-corrected chi connectivity index (χ2v) is 3.80. The maximum Gasteiger partial charge on any atom is 0.0925 e. The fourth-order valence-electron chi connectivity index (χ4n) is 1.21. The lowest BCUT2D eigenvalue weighted by molar-refractivity contribution is 0.202. The SMILES string of the molecule is CC(C)c1cccc(C(O)CCl)c1. The van der Waals surface area contributed by atoms with Crippen molar-refractivity contribution in [2.45, 2.75) is 25.9 Å². The minimum Gasteiger partial charge on any atom is -0.387 e. The third kappa shape index (κ3) is 2.71. The summed E-state index contributed by atoms with van der Waals surface area (Å²) in [6, 6.07) is 7.94. The Labute approximate surface area is 84.4 Å². The van der Waals surface area contributed by atoms with Crippen LogP contribution in [0.2, 0.25) is 0 Å². The van der Waals surface area contributed by atoms with Crippen LogP contribution in [0.3, 0.4) is 0 Å². The first kappa shape index (κ1) is 10.6. The Morgan fingerprint density at radius 1 is 1.31 bits per heavy atom. The Bertz CT molecular complexity index is 271. The molecule has 0 bridgehead atoms. The minimum atomic E-state index is -0.541. The number of aliphatic hydroxyl groups is 1. The van der Waals surface area contributed by atoms with Crippen molar-refractivity contribution in [3.63, 3.8) is 0 Å². The second-order valence-electron chi connectivity index (χ2n) is 3.49. The molecular formula is C11H15ClO. The summed E-state index contributed by atoms with van der Waals surface area (Å²) in [5, 5.41) is 9.50. The van der Waals surface area contributed by atoms with Gasteiger partial charge in [-0.3, -0.25) is 0 Å². The highest BCUT2D eigenvalue weighted by atomic mass is 35.5. The van der Waals surface area contributed by atoms with Crippen molar-refractivity contribution < 1.29 is 5.11 Å². The van der Waals surface area contributed by atoms with Crippen LogP contribution >= 0.6 is 11.6 Å². The fraction of sp³-hybridized carbons (Fsp3) is 0.455. The van der Waals surface area contributed by atoms with E-state index in [0.717, 1.165) is 5.56 Å². The zero-order chi connectivity index (χ0) is 9.84. The number of benzene rings is 1. The van der Waals surface area contributed by atoms with Gasteiger partial charge in [0.2, 0.25) is 0 Å². The van der Waals surface area contributed by atoms with Crippen LogP contribution in [-0.4, -0.2) is 11.0 Å². The number of rotatable bonds is 3. The lowest BCUT2D eigenvalue weighted by Crippen LogP contribution is -1.99. The molecule has 1 nitrogen and oxygen atoms in total. The van der Waals surface area contributed by atoms with Gasteiger partial charge in [-0.2, -0.15) is 0 Å². The lowest BCUT2D eigenvalue weighted by Gasteiger charge is -2.10. The summed E-state index contributed by atoms with van der Waals surface area (Å²) in [5.41, 5.74) is 2.14. The monoisotopic (exact) mass is 198 g/mol. The van der Waals surface area contributed by atoms with E-state index in [1.807, 2.05) is 18.2 Å². The Kier molecular flexibility index (Phi) is 3.76. The second kappa shape index (κ2) is 4.64. The van der Waals surface area contributed by atoms with Crippen molar-refractivity contribution in [2.24, 2.45) is 0 Å². The predicted molar refractivity (Wildman–Crippen MR) is 56.2 cm³/mol. The van der Waals surface area contributed by atoms with Crippen molar-refractivity contribution in [3.8, 4) is 0 Å². The predicted octanol–water partition coefficient (Wildman–Crippen LogP) is 3.08. The van der Waals surface area contributed by atoms with E-state index in [2.05, 4.69) is 19.9 Å². The molecule has 72 valence electrons. The topological polar surface area (TPSA) is 20.2 Å². The van der Waals surface area contributed by atoms with E-state index >= 15 is 0 Å². The van der Waals surface area contributed by atoms with Crippen molar-refractivity contribution >= 4 is 11.6 Å². The first-order valence-electron chi connectivity index (χ1n) is 4.49. The van der Waals surface area contributed by atoms with Gasteiger partial charge in [0, 0.05) is 0 Å². The fourth-order valence-corrected chi connectivity index (χ4v) is 1.39. The van der Waals surface area contributed by atoms with E-state index in [0.29, 0.717) is 5.92 Å². The Morgan fingerprint density at radius 3 is 2.46 bits per heavy atom. The molecule has 1 atom stereocenters. The Hall–Kier alpha value is -0.530. The summed E-state index contributed by atoms with van der Waals surface area (Å²) in [6.07, 6.45) is -0.541. The number of halogens is 1. The Balaban J connectivity index is 2.91. The summed E-state index contributed by atoms with van der Waals surface area (Å²) in [5.74, 6) is 0.740. The molecule has 0 radical (unpaired) electrons. The largest absolute Gasteiger partial charge is 0.387 e. The van der Waals surface area contributed by atoms with Crippen LogP contribution in [0.4, 0.5) is 0 Å². The summed E-state index contributed by atoms with van der Waals surface area (Å²) >= 11 is 5.57. The van der Waals surface area contributed by atoms with E-state index in [1.54, 1.807) is 0 Å². The van der Waals surface area contributed by atoms with Gasteiger partial charge in [0.25, 0.3) is 0 Å². The van der Waals surface area contributed by atoms with Crippen molar-refractivity contribution in [1.29, 1.82) is 0 Å². The van der Waals surface area contributed by atoms with Crippen LogP contribution in [0, 0.1) is 0 Å². The van der Waals surface area contributed by atoms with E-state index in [1.165, 1.54) is 5.56 Å². The van der Waals surface area contributed by atoms with Gasteiger partial charge < -0.3 is 5.11 Å². The standard InChI is InChI=1S/C11H15ClO/c1-8(2)9-4-3-5-10(6-9)11(13)7-12/h3-6,8,11,13H,7H2,1-2H3. The number of aliphatic hydroxyl groups excluding tert-OH is 1. The molecule has 0 saturated heterocycles. The zero-order valence-electron chi connectivity index (χ0n) is 8.00. The zero-order valence-corrected chi connectivity index (χ0v) is 8.75. The molecule has 1 aromatic carbocycles. The van der Waals surface area contributed by atoms with Gasteiger partial charge in [0.05, 0.1) is 12.0 Å². The summed E-state index contributed by atoms with van der Waals surface area (Å²) in [7, 11) is 0. The van der Waals surface area contributed by atoms with Crippen LogP contribution in [0.25, 0.3) is 0 Å². The van der Waals surface area contributed by atoms with E-state index < -0.39 is 6.10 Å². The molecule has 0 spiro atoms. The van der Waals surface area contributed by atoms with Crippen LogP contribution in [0.1, 0.15) is 37.0 Å².